The Kier molecular flexibility index (Phi) is 7.20. The highest BCUT2D eigenvalue weighted by Crippen LogP contribution is 2.44. The summed E-state index contributed by atoms with van der Waals surface area (Å²) in [5.41, 5.74) is 4.61. The number of carboxylic acid groups (broad SMARTS) is 1. The summed E-state index contributed by atoms with van der Waals surface area (Å²) in [4.78, 5) is 38.7. The van der Waals surface area contributed by atoms with Crippen LogP contribution in [0.2, 0.25) is 0 Å². The van der Waals surface area contributed by atoms with Gasteiger partial charge in [0.1, 0.15) is 12.6 Å². The summed E-state index contributed by atoms with van der Waals surface area (Å²) in [6.07, 6.45) is 2.84. The predicted molar refractivity (Wildman–Crippen MR) is 128 cm³/mol. The maximum absolute atomic E-state index is 13.1. The van der Waals surface area contributed by atoms with Crippen molar-refractivity contribution in [1.29, 1.82) is 0 Å². The van der Waals surface area contributed by atoms with Gasteiger partial charge in [0.05, 0.1) is 5.92 Å². The number of nitrogens with zero attached hydrogens (tertiary/aromatic N) is 1. The Morgan fingerprint density at radius 2 is 1.62 bits per heavy atom. The molecule has 1 unspecified atom stereocenters. The molecule has 0 saturated heterocycles. The fourth-order valence-electron chi connectivity index (χ4n) is 5.42. The van der Waals surface area contributed by atoms with E-state index in [2.05, 4.69) is 29.6 Å². The molecule has 0 heterocycles. The molecule has 2 aliphatic carbocycles. The normalized spacial score (nSPS) is 20.1. The molecule has 4 rings (SSSR count). The van der Waals surface area contributed by atoms with Gasteiger partial charge in [0.2, 0.25) is 5.91 Å². The molecule has 7 nitrogen and oxygen atoms in total. The Bertz CT molecular complexity index is 1020. The number of aliphatic carboxylic acids is 1. The zero-order chi connectivity index (χ0) is 24.2. The zero-order valence-corrected chi connectivity index (χ0v) is 19.7. The van der Waals surface area contributed by atoms with Gasteiger partial charge in [0.15, 0.2) is 0 Å². The molecule has 1 saturated carbocycles. The molecular weight excluding hydrogens is 432 g/mol. The topological polar surface area (TPSA) is 95.9 Å². The average Bonchev–Trinajstić information content (AvgIpc) is 3.16. The number of benzene rings is 2. The van der Waals surface area contributed by atoms with Crippen LogP contribution in [0.5, 0.6) is 0 Å². The number of carbonyl (C=O) groups is 3. The quantitative estimate of drug-likeness (QED) is 0.633. The lowest BCUT2D eigenvalue weighted by atomic mass is 9.83. The number of nitrogens with one attached hydrogen (secondary N) is 1. The van der Waals surface area contributed by atoms with Gasteiger partial charge in [-0.25, -0.2) is 9.59 Å². The second-order valence-corrected chi connectivity index (χ2v) is 9.18. The van der Waals surface area contributed by atoms with Crippen LogP contribution in [0.25, 0.3) is 11.1 Å². The number of hydrogen-bond donors (Lipinski definition) is 2. The van der Waals surface area contributed by atoms with E-state index < -0.39 is 24.0 Å². The van der Waals surface area contributed by atoms with Crippen LogP contribution in [0.3, 0.4) is 0 Å². The third kappa shape index (κ3) is 4.65. The summed E-state index contributed by atoms with van der Waals surface area (Å²) < 4.78 is 5.67. The van der Waals surface area contributed by atoms with Crippen LogP contribution in [-0.4, -0.2) is 53.7 Å². The first-order chi connectivity index (χ1) is 16.4. The van der Waals surface area contributed by atoms with Crippen LogP contribution in [0.4, 0.5) is 4.79 Å². The van der Waals surface area contributed by atoms with Crippen molar-refractivity contribution in [2.45, 2.75) is 57.0 Å². The number of carboxylic acids is 1. The molecule has 0 aliphatic heterocycles. The van der Waals surface area contributed by atoms with Gasteiger partial charge in [-0.3, -0.25) is 4.79 Å². The first-order valence-corrected chi connectivity index (χ1v) is 12.0. The van der Waals surface area contributed by atoms with Crippen LogP contribution in [0.1, 0.15) is 56.1 Å². The molecule has 2 aromatic carbocycles. The maximum atomic E-state index is 13.1. The Morgan fingerprint density at radius 1 is 1.03 bits per heavy atom. The first kappa shape index (κ1) is 23.8. The van der Waals surface area contributed by atoms with E-state index in [0.29, 0.717) is 19.3 Å². The summed E-state index contributed by atoms with van der Waals surface area (Å²) in [6, 6.07) is 15.1. The van der Waals surface area contributed by atoms with Crippen molar-refractivity contribution < 1.29 is 24.2 Å². The van der Waals surface area contributed by atoms with E-state index in [-0.39, 0.29) is 24.5 Å². The lowest BCUT2D eigenvalue weighted by Gasteiger charge is -2.35. The third-order valence-corrected chi connectivity index (χ3v) is 7.22. The average molecular weight is 465 g/mol. The van der Waals surface area contributed by atoms with Crippen molar-refractivity contribution in [3.8, 4) is 11.1 Å². The Hall–Kier alpha value is -3.35. The number of hydrogen-bond acceptors (Lipinski definition) is 4. The van der Waals surface area contributed by atoms with E-state index in [0.717, 1.165) is 35.1 Å². The molecule has 34 heavy (non-hydrogen) atoms. The highest BCUT2D eigenvalue weighted by Gasteiger charge is 2.37. The van der Waals surface area contributed by atoms with Gasteiger partial charge in [-0.15, -0.1) is 0 Å². The first-order valence-electron chi connectivity index (χ1n) is 12.0. The summed E-state index contributed by atoms with van der Waals surface area (Å²) >= 11 is 0. The molecule has 0 aromatic heterocycles. The molecule has 7 heteroatoms. The second kappa shape index (κ2) is 10.3. The molecular formula is C27H32N2O5. The Morgan fingerprint density at radius 3 is 2.21 bits per heavy atom. The number of ether oxygens (including phenoxy) is 1. The monoisotopic (exact) mass is 464 g/mol. The van der Waals surface area contributed by atoms with Crippen molar-refractivity contribution in [3.05, 3.63) is 59.7 Å². The van der Waals surface area contributed by atoms with Crippen LogP contribution in [-0.2, 0) is 14.3 Å². The molecule has 2 aromatic rings. The summed E-state index contributed by atoms with van der Waals surface area (Å²) in [7, 11) is 1.53. The number of carbonyl (C=O) groups excluding carboxylic acids is 2. The fraction of sp³-hybridized carbons (Fsp3) is 0.444. The summed E-state index contributed by atoms with van der Waals surface area (Å²) in [5.74, 6) is -1.74. The van der Waals surface area contributed by atoms with Crippen LogP contribution in [0.15, 0.2) is 48.5 Å². The van der Waals surface area contributed by atoms with Gasteiger partial charge >= 0.3 is 12.1 Å². The van der Waals surface area contributed by atoms with Crippen molar-refractivity contribution in [1.82, 2.24) is 10.2 Å². The smallest absolute Gasteiger partial charge is 0.407 e. The van der Waals surface area contributed by atoms with Gasteiger partial charge in [-0.1, -0.05) is 68.3 Å². The lowest BCUT2D eigenvalue weighted by Crippen LogP contribution is -2.52. The van der Waals surface area contributed by atoms with E-state index in [1.54, 1.807) is 6.92 Å². The van der Waals surface area contributed by atoms with Crippen molar-refractivity contribution in [3.63, 3.8) is 0 Å². The number of amides is 2. The van der Waals surface area contributed by atoms with Crippen molar-refractivity contribution >= 4 is 18.0 Å². The van der Waals surface area contributed by atoms with Gasteiger partial charge in [0.25, 0.3) is 0 Å². The number of fused-ring (bicyclic) bond motifs is 3. The lowest BCUT2D eigenvalue weighted by molar-refractivity contribution is -0.151. The fourth-order valence-corrected chi connectivity index (χ4v) is 5.42. The molecule has 0 spiro atoms. The minimum Gasteiger partial charge on any atom is -0.480 e. The van der Waals surface area contributed by atoms with E-state index >= 15 is 0 Å². The molecule has 0 bridgehead atoms. The SMILES string of the molecule is CCC(C(=O)O)N(C)C(=O)[C@@H]1CCCC[C@@H]1NC(=O)OCC1c2ccccc2-c2ccccc21. The highest BCUT2D eigenvalue weighted by atomic mass is 16.5. The van der Waals surface area contributed by atoms with Crippen molar-refractivity contribution in [2.75, 3.05) is 13.7 Å². The molecule has 3 atom stereocenters. The standard InChI is InChI=1S/C27H32N2O5/c1-3-24(26(31)32)29(2)25(30)21-14-8-9-15-23(21)28-27(33)34-16-22-19-12-6-4-10-17(19)18-11-5-7-13-20(18)22/h4-7,10-13,21-24H,3,8-9,14-16H2,1-2H3,(H,28,33)(H,31,32)/t21-,23+,24?/m1/s1. The van der Waals surface area contributed by atoms with Gasteiger partial charge < -0.3 is 20.1 Å². The minimum atomic E-state index is -1.02. The number of rotatable bonds is 7. The molecule has 0 radical (unpaired) electrons. The number of likely N-dealkylation sites (N-methyl/N-ethyl adjacent to an activating group) is 1. The maximum Gasteiger partial charge on any atom is 0.407 e. The van der Waals surface area contributed by atoms with Crippen molar-refractivity contribution in [2.24, 2.45) is 5.92 Å². The molecule has 2 aliphatic rings. The van der Waals surface area contributed by atoms with E-state index in [9.17, 15) is 19.5 Å². The largest absolute Gasteiger partial charge is 0.480 e. The molecule has 2 N–H and O–H groups in total. The summed E-state index contributed by atoms with van der Waals surface area (Å²) in [6.45, 7) is 1.96. The van der Waals surface area contributed by atoms with Gasteiger partial charge in [-0.05, 0) is 41.5 Å². The van der Waals surface area contributed by atoms with Gasteiger partial charge in [0, 0.05) is 19.0 Å². The Balaban J connectivity index is 1.41. The second-order valence-electron chi connectivity index (χ2n) is 9.18. The number of alkyl carbamates (subject to hydrolysis) is 1. The van der Waals surface area contributed by atoms with E-state index in [1.165, 1.54) is 11.9 Å². The molecule has 2 amide bonds. The highest BCUT2D eigenvalue weighted by molar-refractivity contribution is 5.86. The minimum absolute atomic E-state index is 0.0334. The summed E-state index contributed by atoms with van der Waals surface area (Å²) in [5, 5.41) is 12.3. The van der Waals surface area contributed by atoms with Gasteiger partial charge in [-0.2, -0.15) is 0 Å². The molecule has 180 valence electrons. The molecule has 1 fully saturated rings. The third-order valence-electron chi connectivity index (χ3n) is 7.22. The predicted octanol–water partition coefficient (Wildman–Crippen LogP) is 4.41. The van der Waals surface area contributed by atoms with Crippen LogP contribution < -0.4 is 5.32 Å². The van der Waals surface area contributed by atoms with E-state index in [1.807, 2.05) is 24.3 Å². The van der Waals surface area contributed by atoms with Crippen LogP contribution >= 0.6 is 0 Å². The van der Waals surface area contributed by atoms with Crippen LogP contribution in [0, 0.1) is 5.92 Å². The van der Waals surface area contributed by atoms with E-state index in [4.69, 9.17) is 4.74 Å². The zero-order valence-electron chi connectivity index (χ0n) is 19.7. The Labute approximate surface area is 200 Å².